The molecule has 0 saturated carbocycles. The fraction of sp³-hybridized carbons (Fsp3) is 0.500. The molecule has 114 valence electrons. The molecule has 7 nitrogen and oxygen atoms in total. The maximum Gasteiger partial charge on any atom is 0.270 e. The average Bonchev–Trinajstić information content (AvgIpc) is 2.46. The average molecular weight is 292 g/mol. The summed E-state index contributed by atoms with van der Waals surface area (Å²) >= 11 is 0. The van der Waals surface area contributed by atoms with Gasteiger partial charge < -0.3 is 14.7 Å². The van der Waals surface area contributed by atoms with Crippen molar-refractivity contribution in [3.63, 3.8) is 0 Å². The lowest BCUT2D eigenvalue weighted by molar-refractivity contribution is -0.384. The van der Waals surface area contributed by atoms with Gasteiger partial charge in [0.05, 0.1) is 16.2 Å². The van der Waals surface area contributed by atoms with Crippen molar-refractivity contribution < 1.29 is 9.72 Å². The van der Waals surface area contributed by atoms with Crippen LogP contribution in [0.15, 0.2) is 18.2 Å². The molecule has 1 fully saturated rings. The van der Waals surface area contributed by atoms with E-state index in [9.17, 15) is 14.9 Å². The van der Waals surface area contributed by atoms with Crippen LogP contribution in [0.25, 0.3) is 0 Å². The number of anilines is 1. The number of carbonyl (C=O) groups excluding carboxylic acids is 1. The van der Waals surface area contributed by atoms with Gasteiger partial charge in [-0.25, -0.2) is 0 Å². The maximum absolute atomic E-state index is 12.3. The zero-order valence-electron chi connectivity index (χ0n) is 12.6. The Bertz CT molecular complexity index is 551. The Morgan fingerprint density at radius 3 is 2.38 bits per heavy atom. The number of benzene rings is 1. The van der Waals surface area contributed by atoms with Gasteiger partial charge in [0.25, 0.3) is 11.6 Å². The van der Waals surface area contributed by atoms with Gasteiger partial charge in [-0.2, -0.15) is 0 Å². The van der Waals surface area contributed by atoms with E-state index in [4.69, 9.17) is 0 Å². The number of nitro benzene ring substituents is 1. The Morgan fingerprint density at radius 2 is 1.86 bits per heavy atom. The third kappa shape index (κ3) is 3.30. The first kappa shape index (κ1) is 15.2. The molecular formula is C14H20N4O3. The third-order valence-corrected chi connectivity index (χ3v) is 3.67. The third-order valence-electron chi connectivity index (χ3n) is 3.67. The Kier molecular flexibility index (Phi) is 4.42. The van der Waals surface area contributed by atoms with Gasteiger partial charge in [-0.15, -0.1) is 0 Å². The number of nitrogens with zero attached hydrogens (tertiary/aromatic N) is 4. The maximum atomic E-state index is 12.3. The first-order chi connectivity index (χ1) is 9.90. The number of amides is 1. The van der Waals surface area contributed by atoms with E-state index in [1.54, 1.807) is 20.2 Å². The summed E-state index contributed by atoms with van der Waals surface area (Å²) in [6.07, 6.45) is 0. The van der Waals surface area contributed by atoms with Crippen molar-refractivity contribution in [2.45, 2.75) is 0 Å². The van der Waals surface area contributed by atoms with Gasteiger partial charge in [0, 0.05) is 52.4 Å². The van der Waals surface area contributed by atoms with Gasteiger partial charge >= 0.3 is 0 Å². The van der Waals surface area contributed by atoms with Crippen LogP contribution in [0, 0.1) is 10.1 Å². The van der Waals surface area contributed by atoms with Crippen molar-refractivity contribution in [3.05, 3.63) is 33.9 Å². The zero-order chi connectivity index (χ0) is 15.6. The molecular weight excluding hydrogens is 272 g/mol. The van der Waals surface area contributed by atoms with Crippen LogP contribution < -0.4 is 4.90 Å². The van der Waals surface area contributed by atoms with Gasteiger partial charge in [-0.05, 0) is 13.1 Å². The molecule has 0 spiro atoms. The minimum atomic E-state index is -0.472. The summed E-state index contributed by atoms with van der Waals surface area (Å²) in [5.41, 5.74) is 1.10. The van der Waals surface area contributed by atoms with E-state index in [0.717, 1.165) is 31.9 Å². The summed E-state index contributed by atoms with van der Waals surface area (Å²) in [7, 11) is 5.35. The second-order valence-electron chi connectivity index (χ2n) is 5.45. The number of hydrogen-bond donors (Lipinski definition) is 0. The minimum Gasteiger partial charge on any atom is -0.368 e. The molecule has 1 aliphatic heterocycles. The zero-order valence-corrected chi connectivity index (χ0v) is 12.6. The highest BCUT2D eigenvalue weighted by atomic mass is 16.6. The normalized spacial score (nSPS) is 15.9. The lowest BCUT2D eigenvalue weighted by atomic mass is 10.1. The van der Waals surface area contributed by atoms with Crippen molar-refractivity contribution in [2.24, 2.45) is 0 Å². The Balaban J connectivity index is 2.39. The topological polar surface area (TPSA) is 69.9 Å². The molecule has 0 aliphatic carbocycles. The van der Waals surface area contributed by atoms with Crippen LogP contribution >= 0.6 is 0 Å². The monoisotopic (exact) mass is 292 g/mol. The lowest BCUT2D eigenvalue weighted by Crippen LogP contribution is -2.45. The molecule has 0 aromatic heterocycles. The van der Waals surface area contributed by atoms with Crippen LogP contribution in [0.3, 0.4) is 0 Å². The van der Waals surface area contributed by atoms with Crippen molar-refractivity contribution in [2.75, 3.05) is 52.2 Å². The molecule has 7 heteroatoms. The van der Waals surface area contributed by atoms with Gasteiger partial charge in [-0.1, -0.05) is 0 Å². The van der Waals surface area contributed by atoms with Crippen molar-refractivity contribution in [1.82, 2.24) is 9.80 Å². The van der Waals surface area contributed by atoms with Gasteiger partial charge in [0.2, 0.25) is 0 Å². The molecule has 1 amide bonds. The SMILES string of the molecule is CN1CCN(c2ccc([N+](=O)[O-])cc2C(=O)N(C)C)CC1. The summed E-state index contributed by atoms with van der Waals surface area (Å²) < 4.78 is 0. The quantitative estimate of drug-likeness (QED) is 0.615. The molecule has 1 heterocycles. The smallest absolute Gasteiger partial charge is 0.270 e. The Morgan fingerprint density at radius 1 is 1.24 bits per heavy atom. The molecule has 1 aliphatic rings. The first-order valence-corrected chi connectivity index (χ1v) is 6.83. The summed E-state index contributed by atoms with van der Waals surface area (Å²) in [6, 6.07) is 4.51. The van der Waals surface area contributed by atoms with E-state index in [1.165, 1.54) is 17.0 Å². The molecule has 2 rings (SSSR count). The second kappa shape index (κ2) is 6.09. The van der Waals surface area contributed by atoms with Crippen LogP contribution in [-0.2, 0) is 0 Å². The number of likely N-dealkylation sites (N-methyl/N-ethyl adjacent to an activating group) is 1. The second-order valence-corrected chi connectivity index (χ2v) is 5.45. The highest BCUT2D eigenvalue weighted by Gasteiger charge is 2.23. The van der Waals surface area contributed by atoms with E-state index >= 15 is 0 Å². The van der Waals surface area contributed by atoms with Gasteiger partial charge in [0.1, 0.15) is 0 Å². The number of carbonyl (C=O) groups is 1. The molecule has 21 heavy (non-hydrogen) atoms. The summed E-state index contributed by atoms with van der Waals surface area (Å²) in [5.74, 6) is -0.215. The van der Waals surface area contributed by atoms with Crippen LogP contribution in [0.5, 0.6) is 0 Å². The van der Waals surface area contributed by atoms with Crippen LogP contribution in [0.1, 0.15) is 10.4 Å². The van der Waals surface area contributed by atoms with E-state index in [0.29, 0.717) is 5.56 Å². The van der Waals surface area contributed by atoms with Crippen LogP contribution in [0.4, 0.5) is 11.4 Å². The largest absolute Gasteiger partial charge is 0.368 e. The van der Waals surface area contributed by atoms with Crippen molar-refractivity contribution in [3.8, 4) is 0 Å². The molecule has 0 atom stereocenters. The summed E-state index contributed by atoms with van der Waals surface area (Å²) in [6.45, 7) is 3.43. The van der Waals surface area contributed by atoms with E-state index in [2.05, 4.69) is 16.8 Å². The molecule has 1 aromatic carbocycles. The molecule has 0 unspecified atom stereocenters. The number of hydrogen-bond acceptors (Lipinski definition) is 5. The summed E-state index contributed by atoms with van der Waals surface area (Å²) in [5, 5.41) is 10.9. The predicted octanol–water partition coefficient (Wildman–Crippen LogP) is 1.05. The number of rotatable bonds is 3. The van der Waals surface area contributed by atoms with E-state index < -0.39 is 4.92 Å². The Labute approximate surface area is 123 Å². The Hall–Kier alpha value is -2.15. The number of piperazine rings is 1. The molecule has 1 aromatic rings. The lowest BCUT2D eigenvalue weighted by Gasteiger charge is -2.35. The van der Waals surface area contributed by atoms with Crippen LogP contribution in [-0.4, -0.2) is 68.0 Å². The molecule has 0 radical (unpaired) electrons. The number of non-ortho nitro benzene ring substituents is 1. The minimum absolute atomic E-state index is 0.0573. The highest BCUT2D eigenvalue weighted by molar-refractivity contribution is 6.00. The standard InChI is InChI=1S/C14H20N4O3/c1-15(2)14(19)12-10-11(18(20)21)4-5-13(12)17-8-6-16(3)7-9-17/h4-5,10H,6-9H2,1-3H3. The first-order valence-electron chi connectivity index (χ1n) is 6.83. The highest BCUT2D eigenvalue weighted by Crippen LogP contribution is 2.27. The van der Waals surface area contributed by atoms with Crippen molar-refractivity contribution >= 4 is 17.3 Å². The fourth-order valence-corrected chi connectivity index (χ4v) is 2.37. The molecule has 0 bridgehead atoms. The predicted molar refractivity (Wildman–Crippen MR) is 80.8 cm³/mol. The fourth-order valence-electron chi connectivity index (χ4n) is 2.37. The van der Waals surface area contributed by atoms with Crippen molar-refractivity contribution in [1.29, 1.82) is 0 Å². The van der Waals surface area contributed by atoms with Gasteiger partial charge in [0.15, 0.2) is 0 Å². The summed E-state index contributed by atoms with van der Waals surface area (Å²) in [4.78, 5) is 28.6. The van der Waals surface area contributed by atoms with E-state index in [-0.39, 0.29) is 11.6 Å². The van der Waals surface area contributed by atoms with Crippen LogP contribution in [0.2, 0.25) is 0 Å². The molecule has 1 saturated heterocycles. The van der Waals surface area contributed by atoms with Gasteiger partial charge in [-0.3, -0.25) is 14.9 Å². The number of nitro groups is 1. The molecule has 0 N–H and O–H groups in total. The van der Waals surface area contributed by atoms with E-state index in [1.807, 2.05) is 0 Å².